The highest BCUT2D eigenvalue weighted by molar-refractivity contribution is 7.80. The fraction of sp³-hybridized carbons (Fsp3) is 0.0769. The van der Waals surface area contributed by atoms with E-state index in [4.69, 9.17) is 0 Å². The Labute approximate surface area is 95.6 Å². The molecule has 1 N–H and O–H groups in total. The third-order valence-corrected chi connectivity index (χ3v) is 2.50. The Balaban J connectivity index is 1.96. The van der Waals surface area contributed by atoms with Crippen LogP contribution >= 0.6 is 12.6 Å². The van der Waals surface area contributed by atoms with Gasteiger partial charge in [-0.3, -0.25) is 0 Å². The quantitative estimate of drug-likeness (QED) is 0.746. The minimum atomic E-state index is 0.854. The van der Waals surface area contributed by atoms with Gasteiger partial charge in [0.1, 0.15) is 0 Å². The smallest absolute Gasteiger partial charge is 0.0400 e. The Morgan fingerprint density at radius 3 is 2.20 bits per heavy atom. The molecule has 0 aromatic heterocycles. The van der Waals surface area contributed by atoms with Crippen LogP contribution in [0.15, 0.2) is 59.5 Å². The lowest BCUT2D eigenvalue weighted by Gasteiger charge is -2.06. The van der Waals surface area contributed by atoms with E-state index in [1.54, 1.807) is 0 Å². The van der Waals surface area contributed by atoms with Crippen LogP contribution in [-0.4, -0.2) is 0 Å². The first-order valence-electron chi connectivity index (χ1n) is 4.91. The predicted molar refractivity (Wildman–Crippen MR) is 67.5 cm³/mol. The van der Waals surface area contributed by atoms with Crippen molar-refractivity contribution in [1.82, 2.24) is 0 Å². The molecule has 0 spiro atoms. The number of benzene rings is 2. The molecule has 1 nitrogen and oxygen atoms in total. The second-order valence-electron chi connectivity index (χ2n) is 3.39. The number of anilines is 1. The lowest BCUT2D eigenvalue weighted by atomic mass is 10.2. The highest BCUT2D eigenvalue weighted by atomic mass is 32.1. The SMILES string of the molecule is Sc1ccc(NCc2ccccc2)cc1. The average Bonchev–Trinajstić information content (AvgIpc) is 2.30. The highest BCUT2D eigenvalue weighted by Crippen LogP contribution is 2.13. The summed E-state index contributed by atoms with van der Waals surface area (Å²) in [5.74, 6) is 0. The summed E-state index contributed by atoms with van der Waals surface area (Å²) in [5.41, 5.74) is 2.41. The Bertz CT molecular complexity index is 408. The zero-order chi connectivity index (χ0) is 10.5. The van der Waals surface area contributed by atoms with Gasteiger partial charge in [-0.05, 0) is 29.8 Å². The van der Waals surface area contributed by atoms with Gasteiger partial charge in [0, 0.05) is 17.1 Å². The van der Waals surface area contributed by atoms with Gasteiger partial charge in [0.05, 0.1) is 0 Å². The summed E-state index contributed by atoms with van der Waals surface area (Å²) in [5, 5.41) is 3.35. The van der Waals surface area contributed by atoms with Crippen LogP contribution in [0.4, 0.5) is 5.69 Å². The Morgan fingerprint density at radius 1 is 0.867 bits per heavy atom. The van der Waals surface area contributed by atoms with E-state index in [-0.39, 0.29) is 0 Å². The summed E-state index contributed by atoms with van der Waals surface area (Å²) in [4.78, 5) is 0.986. The monoisotopic (exact) mass is 215 g/mol. The van der Waals surface area contributed by atoms with Gasteiger partial charge in [-0.2, -0.15) is 0 Å². The van der Waals surface area contributed by atoms with Crippen molar-refractivity contribution < 1.29 is 0 Å². The second-order valence-corrected chi connectivity index (χ2v) is 3.90. The van der Waals surface area contributed by atoms with Gasteiger partial charge >= 0.3 is 0 Å². The molecule has 0 unspecified atom stereocenters. The molecule has 0 amide bonds. The first-order valence-corrected chi connectivity index (χ1v) is 5.36. The van der Waals surface area contributed by atoms with Crippen molar-refractivity contribution in [3.05, 3.63) is 60.2 Å². The van der Waals surface area contributed by atoms with Crippen LogP contribution in [-0.2, 0) is 6.54 Å². The van der Waals surface area contributed by atoms with Crippen LogP contribution in [0.1, 0.15) is 5.56 Å². The second kappa shape index (κ2) is 4.89. The molecule has 0 heterocycles. The molecule has 0 aliphatic rings. The molecule has 15 heavy (non-hydrogen) atoms. The van der Waals surface area contributed by atoms with Gasteiger partial charge in [0.2, 0.25) is 0 Å². The molecule has 2 heteroatoms. The Kier molecular flexibility index (Phi) is 3.30. The maximum Gasteiger partial charge on any atom is 0.0400 e. The Hall–Kier alpha value is -1.41. The summed E-state index contributed by atoms with van der Waals surface area (Å²) in [6.45, 7) is 0.854. The zero-order valence-electron chi connectivity index (χ0n) is 8.35. The minimum absolute atomic E-state index is 0.854. The highest BCUT2D eigenvalue weighted by Gasteiger charge is 1.92. The molecule has 2 aromatic rings. The van der Waals surface area contributed by atoms with E-state index in [1.165, 1.54) is 5.56 Å². The molecule has 0 atom stereocenters. The van der Waals surface area contributed by atoms with Crippen molar-refractivity contribution in [2.75, 3.05) is 5.32 Å². The molecular weight excluding hydrogens is 202 g/mol. The first-order chi connectivity index (χ1) is 7.34. The van der Waals surface area contributed by atoms with E-state index in [9.17, 15) is 0 Å². The number of hydrogen-bond donors (Lipinski definition) is 2. The molecule has 0 aliphatic heterocycles. The fourth-order valence-electron chi connectivity index (χ4n) is 1.38. The third-order valence-electron chi connectivity index (χ3n) is 2.21. The van der Waals surface area contributed by atoms with E-state index in [2.05, 4.69) is 30.1 Å². The van der Waals surface area contributed by atoms with E-state index < -0.39 is 0 Å². The number of thiol groups is 1. The lowest BCUT2D eigenvalue weighted by molar-refractivity contribution is 1.15. The summed E-state index contributed by atoms with van der Waals surface area (Å²) >= 11 is 4.24. The summed E-state index contributed by atoms with van der Waals surface area (Å²) in [7, 11) is 0. The van der Waals surface area contributed by atoms with Crippen LogP contribution in [0.25, 0.3) is 0 Å². The van der Waals surface area contributed by atoms with Gasteiger partial charge in [0.15, 0.2) is 0 Å². The topological polar surface area (TPSA) is 12.0 Å². The summed E-state index contributed by atoms with van der Waals surface area (Å²) in [6, 6.07) is 18.4. The molecule has 2 aromatic carbocycles. The summed E-state index contributed by atoms with van der Waals surface area (Å²) in [6.07, 6.45) is 0. The van der Waals surface area contributed by atoms with Crippen LogP contribution in [0.2, 0.25) is 0 Å². The van der Waals surface area contributed by atoms with Crippen molar-refractivity contribution in [3.63, 3.8) is 0 Å². The molecule has 76 valence electrons. The van der Waals surface area contributed by atoms with Crippen LogP contribution in [0.3, 0.4) is 0 Å². The van der Waals surface area contributed by atoms with E-state index >= 15 is 0 Å². The molecular formula is C13H13NS. The predicted octanol–water partition coefficient (Wildman–Crippen LogP) is 3.59. The van der Waals surface area contributed by atoms with Crippen molar-refractivity contribution in [3.8, 4) is 0 Å². The van der Waals surface area contributed by atoms with Gasteiger partial charge in [-0.25, -0.2) is 0 Å². The minimum Gasteiger partial charge on any atom is -0.381 e. The molecule has 0 saturated heterocycles. The molecule has 2 rings (SSSR count). The largest absolute Gasteiger partial charge is 0.381 e. The first kappa shape index (κ1) is 10.1. The van der Waals surface area contributed by atoms with Gasteiger partial charge in [-0.15, -0.1) is 12.6 Å². The maximum absolute atomic E-state index is 4.24. The molecule has 0 saturated carbocycles. The number of hydrogen-bond acceptors (Lipinski definition) is 2. The molecule has 0 radical (unpaired) electrons. The number of rotatable bonds is 3. The van der Waals surface area contributed by atoms with Crippen LogP contribution in [0.5, 0.6) is 0 Å². The van der Waals surface area contributed by atoms with Crippen molar-refractivity contribution in [1.29, 1.82) is 0 Å². The van der Waals surface area contributed by atoms with Crippen molar-refractivity contribution in [2.45, 2.75) is 11.4 Å². The van der Waals surface area contributed by atoms with Crippen LogP contribution < -0.4 is 5.32 Å². The summed E-state index contributed by atoms with van der Waals surface area (Å²) < 4.78 is 0. The van der Waals surface area contributed by atoms with Gasteiger partial charge < -0.3 is 5.32 Å². The zero-order valence-corrected chi connectivity index (χ0v) is 9.24. The van der Waals surface area contributed by atoms with Crippen LogP contribution in [0, 0.1) is 0 Å². The molecule has 0 aliphatic carbocycles. The van der Waals surface area contributed by atoms with E-state index in [0.29, 0.717) is 0 Å². The number of nitrogens with one attached hydrogen (secondary N) is 1. The van der Waals surface area contributed by atoms with Gasteiger partial charge in [-0.1, -0.05) is 30.3 Å². The van der Waals surface area contributed by atoms with Gasteiger partial charge in [0.25, 0.3) is 0 Å². The van der Waals surface area contributed by atoms with Crippen molar-refractivity contribution in [2.24, 2.45) is 0 Å². The Morgan fingerprint density at radius 2 is 1.53 bits per heavy atom. The average molecular weight is 215 g/mol. The van der Waals surface area contributed by atoms with E-state index in [0.717, 1.165) is 17.1 Å². The molecule has 0 fully saturated rings. The van der Waals surface area contributed by atoms with Crippen molar-refractivity contribution >= 4 is 18.3 Å². The third kappa shape index (κ3) is 3.03. The maximum atomic E-state index is 4.24. The normalized spacial score (nSPS) is 9.93. The molecule has 0 bridgehead atoms. The lowest BCUT2D eigenvalue weighted by Crippen LogP contribution is -1.98. The fourth-order valence-corrected chi connectivity index (χ4v) is 1.53. The van der Waals surface area contributed by atoms with E-state index in [1.807, 2.05) is 42.5 Å². The standard InChI is InChI=1S/C13H13NS/c15-13-8-6-12(7-9-13)14-10-11-4-2-1-3-5-11/h1-9,14-15H,10H2.